The molecule has 4 rings (SSSR count). The van der Waals surface area contributed by atoms with Crippen LogP contribution in [0.15, 0.2) is 24.4 Å². The van der Waals surface area contributed by atoms with E-state index in [9.17, 15) is 14.7 Å². The Hall–Kier alpha value is -3.03. The molecule has 1 fully saturated rings. The zero-order valence-corrected chi connectivity index (χ0v) is 18.2. The van der Waals surface area contributed by atoms with Crippen molar-refractivity contribution in [2.45, 2.75) is 52.5 Å². The smallest absolute Gasteiger partial charge is 0.341 e. The number of ether oxygens (including phenoxy) is 2. The number of carbonyl (C=O) groups is 2. The number of nitrogens with zero attached hydrogens (tertiary/aromatic N) is 3. The summed E-state index contributed by atoms with van der Waals surface area (Å²) in [6, 6.07) is 5.12. The number of fused-ring (bicyclic) bond motifs is 1. The molecule has 0 atom stereocenters. The number of carboxylic acid groups (broad SMARTS) is 1. The number of carboxylic acids is 1. The van der Waals surface area contributed by atoms with Crippen molar-refractivity contribution in [3.05, 3.63) is 30.0 Å². The average Bonchev–Trinajstić information content (AvgIpc) is 3.19. The normalized spacial score (nSPS) is 20.5. The molecule has 0 saturated heterocycles. The van der Waals surface area contributed by atoms with Crippen molar-refractivity contribution < 1.29 is 24.2 Å². The van der Waals surface area contributed by atoms with Crippen LogP contribution in [0, 0.1) is 11.8 Å². The first-order chi connectivity index (χ1) is 14.8. The molecule has 1 aliphatic heterocycles. The third-order valence-electron chi connectivity index (χ3n) is 6.06. The lowest BCUT2D eigenvalue weighted by Gasteiger charge is -2.32. The topological polar surface area (TPSA) is 93.9 Å². The van der Waals surface area contributed by atoms with Crippen LogP contribution in [-0.4, -0.2) is 46.0 Å². The highest BCUT2D eigenvalue weighted by Gasteiger charge is 2.34. The lowest BCUT2D eigenvalue weighted by Crippen LogP contribution is -2.43. The Balaban J connectivity index is 1.70. The Morgan fingerprint density at radius 2 is 1.81 bits per heavy atom. The predicted octanol–water partition coefficient (Wildman–Crippen LogP) is 3.91. The Morgan fingerprint density at radius 1 is 1.13 bits per heavy atom. The molecule has 1 saturated carbocycles. The fourth-order valence-corrected chi connectivity index (χ4v) is 4.31. The maximum absolute atomic E-state index is 13.4. The van der Waals surface area contributed by atoms with Crippen LogP contribution in [0.2, 0.25) is 0 Å². The second-order valence-electron chi connectivity index (χ2n) is 8.70. The Bertz CT molecular complexity index is 976. The van der Waals surface area contributed by atoms with Gasteiger partial charge in [0.1, 0.15) is 18.8 Å². The van der Waals surface area contributed by atoms with Gasteiger partial charge in [0.25, 0.3) is 0 Å². The molecule has 2 aromatic rings. The fraction of sp³-hybridized carbons (Fsp3) is 0.522. The van der Waals surface area contributed by atoms with E-state index in [0.717, 1.165) is 25.7 Å². The number of rotatable bonds is 5. The third kappa shape index (κ3) is 4.24. The molecule has 2 heterocycles. The van der Waals surface area contributed by atoms with Gasteiger partial charge in [0, 0.05) is 24.2 Å². The van der Waals surface area contributed by atoms with E-state index in [4.69, 9.17) is 9.47 Å². The largest absolute Gasteiger partial charge is 0.486 e. The lowest BCUT2D eigenvalue weighted by atomic mass is 9.82. The first kappa shape index (κ1) is 21.2. The maximum Gasteiger partial charge on any atom is 0.341 e. The van der Waals surface area contributed by atoms with E-state index in [0.29, 0.717) is 36.3 Å². The number of carbonyl (C=O) groups excluding carboxylic acids is 1. The van der Waals surface area contributed by atoms with Crippen molar-refractivity contribution in [3.8, 4) is 17.2 Å². The van der Waals surface area contributed by atoms with Gasteiger partial charge in [-0.1, -0.05) is 6.92 Å². The standard InChI is InChI=1S/C23H29N3O5/c1-14(2)26(22(27)16-6-4-15(3)5-7-16)21-18(23(28)29)13-25(24-21)17-8-9-19-20(12-17)31-11-10-30-19/h8-9,12-16H,4-7,10-11H2,1-3H3,(H,28,29)/t15-,16-. The zero-order valence-electron chi connectivity index (χ0n) is 18.2. The summed E-state index contributed by atoms with van der Waals surface area (Å²) in [6.07, 6.45) is 5.14. The molecule has 1 aromatic heterocycles. The van der Waals surface area contributed by atoms with Crippen LogP contribution in [0.5, 0.6) is 11.5 Å². The zero-order chi connectivity index (χ0) is 22.1. The molecule has 1 aromatic carbocycles. The highest BCUT2D eigenvalue weighted by Crippen LogP contribution is 2.34. The van der Waals surface area contributed by atoms with Crippen molar-refractivity contribution in [1.29, 1.82) is 0 Å². The van der Waals surface area contributed by atoms with E-state index in [1.54, 1.807) is 23.1 Å². The van der Waals surface area contributed by atoms with Gasteiger partial charge >= 0.3 is 5.97 Å². The molecule has 0 spiro atoms. The van der Waals surface area contributed by atoms with E-state index in [1.807, 2.05) is 13.8 Å². The monoisotopic (exact) mass is 427 g/mol. The van der Waals surface area contributed by atoms with Crippen LogP contribution < -0.4 is 14.4 Å². The summed E-state index contributed by atoms with van der Waals surface area (Å²) in [5, 5.41) is 14.4. The molecule has 31 heavy (non-hydrogen) atoms. The molecule has 1 N–H and O–H groups in total. The van der Waals surface area contributed by atoms with E-state index in [1.165, 1.54) is 10.9 Å². The highest BCUT2D eigenvalue weighted by atomic mass is 16.6. The van der Waals surface area contributed by atoms with Crippen molar-refractivity contribution in [2.75, 3.05) is 18.1 Å². The Morgan fingerprint density at radius 3 is 2.45 bits per heavy atom. The van der Waals surface area contributed by atoms with Crippen molar-refractivity contribution in [2.24, 2.45) is 11.8 Å². The van der Waals surface area contributed by atoms with E-state index in [2.05, 4.69) is 12.0 Å². The summed E-state index contributed by atoms with van der Waals surface area (Å²) in [5.74, 6) is 0.782. The van der Waals surface area contributed by atoms with Crippen molar-refractivity contribution in [1.82, 2.24) is 9.78 Å². The number of hydrogen-bond acceptors (Lipinski definition) is 5. The van der Waals surface area contributed by atoms with Gasteiger partial charge in [-0.15, -0.1) is 5.10 Å². The second-order valence-corrected chi connectivity index (χ2v) is 8.70. The molecule has 0 radical (unpaired) electrons. The van der Waals surface area contributed by atoms with Crippen molar-refractivity contribution in [3.63, 3.8) is 0 Å². The molecule has 166 valence electrons. The first-order valence-corrected chi connectivity index (χ1v) is 10.9. The number of aromatic carboxylic acids is 1. The number of aromatic nitrogens is 2. The molecule has 0 unspecified atom stereocenters. The van der Waals surface area contributed by atoms with Crippen LogP contribution in [0.4, 0.5) is 5.82 Å². The van der Waals surface area contributed by atoms with Gasteiger partial charge < -0.3 is 14.6 Å². The average molecular weight is 428 g/mol. The quantitative estimate of drug-likeness (QED) is 0.778. The molecular weight excluding hydrogens is 398 g/mol. The van der Waals surface area contributed by atoms with Crippen LogP contribution >= 0.6 is 0 Å². The van der Waals surface area contributed by atoms with Crippen LogP contribution in [0.1, 0.15) is 56.8 Å². The van der Waals surface area contributed by atoms with Gasteiger partial charge in [0.2, 0.25) is 5.91 Å². The minimum atomic E-state index is -1.12. The van der Waals surface area contributed by atoms with Crippen LogP contribution in [-0.2, 0) is 4.79 Å². The molecule has 1 aliphatic carbocycles. The summed E-state index contributed by atoms with van der Waals surface area (Å²) >= 11 is 0. The third-order valence-corrected chi connectivity index (χ3v) is 6.06. The van der Waals surface area contributed by atoms with Crippen LogP contribution in [0.25, 0.3) is 5.69 Å². The Labute approximate surface area is 181 Å². The molecule has 8 nitrogen and oxygen atoms in total. The number of anilines is 1. The highest BCUT2D eigenvalue weighted by molar-refractivity contribution is 6.01. The molecule has 8 heteroatoms. The SMILES string of the molecule is CC(C)N(c1nn(-c2ccc3c(c2)OCCO3)cc1C(=O)O)C(=O)[C@H]1CC[C@H](C)CC1. The van der Waals surface area contributed by atoms with E-state index < -0.39 is 5.97 Å². The number of benzene rings is 1. The van der Waals surface area contributed by atoms with Gasteiger partial charge in [0.15, 0.2) is 17.3 Å². The van der Waals surface area contributed by atoms with Gasteiger partial charge in [-0.25, -0.2) is 9.48 Å². The molecule has 1 amide bonds. The molecule has 0 bridgehead atoms. The predicted molar refractivity (Wildman–Crippen MR) is 115 cm³/mol. The lowest BCUT2D eigenvalue weighted by molar-refractivity contribution is -0.123. The van der Waals surface area contributed by atoms with Crippen molar-refractivity contribution >= 4 is 17.7 Å². The van der Waals surface area contributed by atoms with E-state index in [-0.39, 0.29) is 29.2 Å². The summed E-state index contributed by atoms with van der Waals surface area (Å²) in [5.41, 5.74) is 0.641. The second kappa shape index (κ2) is 8.61. The van der Waals surface area contributed by atoms with Gasteiger partial charge in [0.05, 0.1) is 5.69 Å². The van der Waals surface area contributed by atoms with Gasteiger partial charge in [-0.05, 0) is 57.6 Å². The molecule has 2 aliphatic rings. The minimum Gasteiger partial charge on any atom is -0.486 e. The number of amides is 1. The fourth-order valence-electron chi connectivity index (χ4n) is 4.31. The van der Waals surface area contributed by atoms with E-state index >= 15 is 0 Å². The van der Waals surface area contributed by atoms with Gasteiger partial charge in [-0.2, -0.15) is 0 Å². The minimum absolute atomic E-state index is 0.00103. The molecular formula is C23H29N3O5. The number of hydrogen-bond donors (Lipinski definition) is 1. The van der Waals surface area contributed by atoms with Gasteiger partial charge in [-0.3, -0.25) is 9.69 Å². The first-order valence-electron chi connectivity index (χ1n) is 10.9. The maximum atomic E-state index is 13.4. The summed E-state index contributed by atoms with van der Waals surface area (Å²) < 4.78 is 12.7. The van der Waals surface area contributed by atoms with Crippen LogP contribution in [0.3, 0.4) is 0 Å². The summed E-state index contributed by atoms with van der Waals surface area (Å²) in [4.78, 5) is 27.0. The summed E-state index contributed by atoms with van der Waals surface area (Å²) in [7, 11) is 0. The summed E-state index contributed by atoms with van der Waals surface area (Å²) in [6.45, 7) is 6.93. The Kier molecular flexibility index (Phi) is 5.89.